The van der Waals surface area contributed by atoms with Crippen molar-refractivity contribution in [2.75, 3.05) is 0 Å². The van der Waals surface area contributed by atoms with Crippen LogP contribution in [0.2, 0.25) is 0 Å². The molecular formula is C20H17NO3S. The van der Waals surface area contributed by atoms with Crippen LogP contribution in [0.1, 0.15) is 28.4 Å². The molecular weight excluding hydrogens is 334 g/mol. The summed E-state index contributed by atoms with van der Waals surface area (Å²) in [6.07, 6.45) is 0.620. The van der Waals surface area contributed by atoms with Crippen LogP contribution in [0.15, 0.2) is 72.9 Å². The average Bonchev–Trinajstić information content (AvgIpc) is 2.63. The molecule has 2 aromatic carbocycles. The summed E-state index contributed by atoms with van der Waals surface area (Å²) in [5.41, 5.74) is 1.58. The van der Waals surface area contributed by atoms with Gasteiger partial charge < -0.3 is 14.8 Å². The van der Waals surface area contributed by atoms with E-state index in [2.05, 4.69) is 0 Å². The van der Waals surface area contributed by atoms with Gasteiger partial charge >= 0.3 is 0 Å². The third kappa shape index (κ3) is 3.68. The second-order valence-corrected chi connectivity index (χ2v) is 6.02. The summed E-state index contributed by atoms with van der Waals surface area (Å²) in [6.45, 7) is 0. The maximum atomic E-state index is 12.4. The highest BCUT2D eigenvalue weighted by Crippen LogP contribution is 2.25. The van der Waals surface area contributed by atoms with Crippen LogP contribution in [0.3, 0.4) is 0 Å². The third-order valence-electron chi connectivity index (χ3n) is 3.95. The van der Waals surface area contributed by atoms with Gasteiger partial charge in [-0.15, -0.1) is 0 Å². The van der Waals surface area contributed by atoms with Crippen LogP contribution < -0.4 is 0 Å². The number of para-hydroxylation sites is 2. The predicted octanol–water partition coefficient (Wildman–Crippen LogP) is 4.22. The molecule has 0 spiro atoms. The van der Waals surface area contributed by atoms with Gasteiger partial charge in [0.2, 0.25) is 0 Å². The van der Waals surface area contributed by atoms with Gasteiger partial charge in [-0.3, -0.25) is 4.79 Å². The first-order valence-electron chi connectivity index (χ1n) is 7.84. The van der Waals surface area contributed by atoms with Gasteiger partial charge in [0.25, 0.3) is 0 Å². The van der Waals surface area contributed by atoms with Crippen molar-refractivity contribution in [3.8, 4) is 11.4 Å². The number of nitrogens with zero attached hydrogens (tertiary/aromatic N) is 1. The van der Waals surface area contributed by atoms with Crippen LogP contribution in [0.25, 0.3) is 5.69 Å². The summed E-state index contributed by atoms with van der Waals surface area (Å²) >= 11 is 5.49. The SMILES string of the molecule is O=C(C[C@H](O)c1cccn(-c2ccccc2)c1=S)c1ccccc1O. The number of carbonyl (C=O) groups is 1. The van der Waals surface area contributed by atoms with E-state index < -0.39 is 6.10 Å². The quantitative estimate of drug-likeness (QED) is 0.534. The second kappa shape index (κ2) is 7.42. The zero-order valence-electron chi connectivity index (χ0n) is 13.4. The molecule has 3 rings (SSSR count). The van der Waals surface area contributed by atoms with Crippen molar-refractivity contribution < 1.29 is 15.0 Å². The van der Waals surface area contributed by atoms with Crippen LogP contribution in [0, 0.1) is 4.64 Å². The van der Waals surface area contributed by atoms with Crippen LogP contribution in [0.4, 0.5) is 0 Å². The maximum absolute atomic E-state index is 12.4. The number of rotatable bonds is 5. The molecule has 0 radical (unpaired) electrons. The van der Waals surface area contributed by atoms with Crippen LogP contribution >= 0.6 is 12.2 Å². The molecule has 1 aromatic heterocycles. The number of phenols is 1. The van der Waals surface area contributed by atoms with E-state index >= 15 is 0 Å². The first kappa shape index (κ1) is 17.1. The van der Waals surface area contributed by atoms with Crippen molar-refractivity contribution in [2.45, 2.75) is 12.5 Å². The molecule has 0 bridgehead atoms. The van der Waals surface area contributed by atoms with Gasteiger partial charge in [0, 0.05) is 23.9 Å². The van der Waals surface area contributed by atoms with Gasteiger partial charge in [0.05, 0.1) is 11.7 Å². The van der Waals surface area contributed by atoms with Gasteiger partial charge in [-0.25, -0.2) is 0 Å². The molecule has 1 heterocycles. The van der Waals surface area contributed by atoms with Crippen molar-refractivity contribution in [3.05, 3.63) is 88.7 Å². The van der Waals surface area contributed by atoms with Gasteiger partial charge in [0.1, 0.15) is 10.4 Å². The predicted molar refractivity (Wildman–Crippen MR) is 98.6 cm³/mol. The number of Topliss-reactive ketones (excluding diaryl/α,β-unsaturated/α-hetero) is 1. The minimum absolute atomic E-state index is 0.0919. The number of phenolic OH excluding ortho intramolecular Hbond substituents is 1. The Morgan fingerprint density at radius 1 is 1.00 bits per heavy atom. The molecule has 0 unspecified atom stereocenters. The highest BCUT2D eigenvalue weighted by atomic mass is 32.1. The number of hydrogen-bond donors (Lipinski definition) is 2. The van der Waals surface area contributed by atoms with Crippen LogP contribution in [-0.2, 0) is 0 Å². The van der Waals surface area contributed by atoms with E-state index in [1.54, 1.807) is 28.8 Å². The van der Waals surface area contributed by atoms with Gasteiger partial charge in [-0.05, 0) is 30.3 Å². The molecule has 1 atom stereocenters. The topological polar surface area (TPSA) is 62.5 Å². The summed E-state index contributed by atoms with van der Waals surface area (Å²) in [5, 5.41) is 20.3. The standard InChI is InChI=1S/C20H17NO3S/c22-17-11-5-4-9-15(17)18(23)13-19(24)16-10-6-12-21(20(16)25)14-7-2-1-3-8-14/h1-12,19,22,24H,13H2/t19-/m0/s1. The van der Waals surface area contributed by atoms with E-state index in [-0.39, 0.29) is 23.5 Å². The Balaban J connectivity index is 1.88. The summed E-state index contributed by atoms with van der Waals surface area (Å²) in [5.74, 6) is -0.430. The normalized spacial score (nSPS) is 11.9. The number of pyridine rings is 1. The fraction of sp³-hybridized carbons (Fsp3) is 0.100. The average molecular weight is 351 g/mol. The van der Waals surface area contributed by atoms with Crippen molar-refractivity contribution >= 4 is 18.0 Å². The molecule has 0 aliphatic heterocycles. The summed E-state index contributed by atoms with van der Waals surface area (Å²) in [4.78, 5) is 12.4. The summed E-state index contributed by atoms with van der Waals surface area (Å²) in [7, 11) is 0. The molecule has 0 aliphatic rings. The lowest BCUT2D eigenvalue weighted by atomic mass is 10.0. The molecule has 3 aromatic rings. The Bertz CT molecular complexity index is 950. The van der Waals surface area contributed by atoms with E-state index in [0.29, 0.717) is 10.2 Å². The number of benzene rings is 2. The summed E-state index contributed by atoms with van der Waals surface area (Å²) < 4.78 is 2.24. The first-order chi connectivity index (χ1) is 12.1. The minimum Gasteiger partial charge on any atom is -0.507 e. The maximum Gasteiger partial charge on any atom is 0.169 e. The molecule has 0 aliphatic carbocycles. The molecule has 0 saturated heterocycles. The Kier molecular flexibility index (Phi) is 5.07. The Morgan fingerprint density at radius 2 is 1.68 bits per heavy atom. The molecule has 2 N–H and O–H groups in total. The van der Waals surface area contributed by atoms with E-state index in [0.717, 1.165) is 5.69 Å². The molecule has 5 heteroatoms. The third-order valence-corrected chi connectivity index (χ3v) is 4.39. The smallest absolute Gasteiger partial charge is 0.169 e. The Morgan fingerprint density at radius 3 is 2.40 bits per heavy atom. The summed E-state index contributed by atoms with van der Waals surface area (Å²) in [6, 6.07) is 19.3. The van der Waals surface area contributed by atoms with Crippen molar-refractivity contribution in [2.24, 2.45) is 0 Å². The van der Waals surface area contributed by atoms with Crippen molar-refractivity contribution in [1.82, 2.24) is 4.57 Å². The lowest BCUT2D eigenvalue weighted by Crippen LogP contribution is -2.10. The van der Waals surface area contributed by atoms with Crippen LogP contribution in [0.5, 0.6) is 5.75 Å². The number of hydrogen-bond acceptors (Lipinski definition) is 4. The Hall–Kier alpha value is -2.76. The zero-order valence-corrected chi connectivity index (χ0v) is 14.2. The molecule has 0 fully saturated rings. The highest BCUT2D eigenvalue weighted by molar-refractivity contribution is 7.71. The second-order valence-electron chi connectivity index (χ2n) is 5.63. The lowest BCUT2D eigenvalue weighted by molar-refractivity contribution is 0.0876. The fourth-order valence-electron chi connectivity index (χ4n) is 2.66. The van der Waals surface area contributed by atoms with Crippen LogP contribution in [-0.4, -0.2) is 20.6 Å². The Labute approximate surface area is 150 Å². The zero-order chi connectivity index (χ0) is 17.8. The van der Waals surface area contributed by atoms with Gasteiger partial charge in [-0.1, -0.05) is 48.6 Å². The van der Waals surface area contributed by atoms with Gasteiger partial charge in [-0.2, -0.15) is 0 Å². The number of aromatic nitrogens is 1. The van der Waals surface area contributed by atoms with E-state index in [1.165, 1.54) is 12.1 Å². The van der Waals surface area contributed by atoms with Crippen molar-refractivity contribution in [3.63, 3.8) is 0 Å². The molecule has 126 valence electrons. The molecule has 25 heavy (non-hydrogen) atoms. The molecule has 0 amide bonds. The monoisotopic (exact) mass is 351 g/mol. The van der Waals surface area contributed by atoms with E-state index in [1.807, 2.05) is 36.5 Å². The molecule has 4 nitrogen and oxygen atoms in total. The minimum atomic E-state index is -1.05. The fourth-order valence-corrected chi connectivity index (χ4v) is 3.03. The van der Waals surface area contributed by atoms with Gasteiger partial charge in [0.15, 0.2) is 5.78 Å². The number of aromatic hydroxyl groups is 1. The first-order valence-corrected chi connectivity index (χ1v) is 8.25. The number of aliphatic hydroxyl groups is 1. The number of ketones is 1. The highest BCUT2D eigenvalue weighted by Gasteiger charge is 2.18. The largest absolute Gasteiger partial charge is 0.507 e. The lowest BCUT2D eigenvalue weighted by Gasteiger charge is -2.14. The van der Waals surface area contributed by atoms with Crippen molar-refractivity contribution in [1.29, 1.82) is 0 Å². The number of carbonyl (C=O) groups excluding carboxylic acids is 1. The van der Waals surface area contributed by atoms with E-state index in [9.17, 15) is 15.0 Å². The number of aliphatic hydroxyl groups excluding tert-OH is 1. The molecule has 0 saturated carbocycles. The van der Waals surface area contributed by atoms with E-state index in [4.69, 9.17) is 12.2 Å².